The lowest BCUT2D eigenvalue weighted by Crippen LogP contribution is -2.56. The van der Waals surface area contributed by atoms with E-state index in [1.807, 2.05) is 0 Å². The molecule has 9 heteroatoms. The SMILES string of the molecule is CC(C)(C)N1C(=O)C2C(Cc3ccc(O)c(O)c3)NC3(C(=O)Nc4ccc(Cl)cc43)C2C1=O. The highest BCUT2D eigenvalue weighted by Gasteiger charge is 2.71. The van der Waals surface area contributed by atoms with Gasteiger partial charge >= 0.3 is 0 Å². The van der Waals surface area contributed by atoms with Gasteiger partial charge in [0.15, 0.2) is 11.5 Å². The monoisotopic (exact) mass is 469 g/mol. The first-order valence-corrected chi connectivity index (χ1v) is 11.1. The van der Waals surface area contributed by atoms with E-state index in [1.165, 1.54) is 17.0 Å². The number of aromatic hydroxyl groups is 2. The minimum Gasteiger partial charge on any atom is -0.504 e. The van der Waals surface area contributed by atoms with Crippen molar-refractivity contribution in [1.82, 2.24) is 10.2 Å². The third kappa shape index (κ3) is 2.97. The molecule has 3 heterocycles. The minimum atomic E-state index is -1.44. The Labute approximate surface area is 195 Å². The Morgan fingerprint density at radius 1 is 1.03 bits per heavy atom. The number of amides is 3. The molecule has 4 N–H and O–H groups in total. The van der Waals surface area contributed by atoms with Gasteiger partial charge in [0.1, 0.15) is 5.54 Å². The van der Waals surface area contributed by atoms with Crippen LogP contribution in [0.4, 0.5) is 5.69 Å². The van der Waals surface area contributed by atoms with Crippen LogP contribution < -0.4 is 10.6 Å². The molecule has 0 aliphatic carbocycles. The number of anilines is 1. The van der Waals surface area contributed by atoms with Crippen molar-refractivity contribution >= 4 is 35.0 Å². The summed E-state index contributed by atoms with van der Waals surface area (Å²) in [5, 5.41) is 26.2. The molecule has 0 aromatic heterocycles. The molecule has 3 amide bonds. The van der Waals surface area contributed by atoms with E-state index in [0.717, 1.165) is 0 Å². The number of nitrogens with zero attached hydrogens (tertiary/aromatic N) is 1. The topological polar surface area (TPSA) is 119 Å². The van der Waals surface area contributed by atoms with Crippen molar-refractivity contribution < 1.29 is 24.6 Å². The lowest BCUT2D eigenvalue weighted by molar-refractivity contribution is -0.147. The second-order valence-electron chi connectivity index (χ2n) is 9.92. The van der Waals surface area contributed by atoms with Crippen molar-refractivity contribution in [2.75, 3.05) is 5.32 Å². The lowest BCUT2D eigenvalue weighted by atomic mass is 9.76. The molecule has 2 fully saturated rings. The molecule has 4 unspecified atom stereocenters. The maximum Gasteiger partial charge on any atom is 0.250 e. The van der Waals surface area contributed by atoms with E-state index < -0.39 is 40.8 Å². The van der Waals surface area contributed by atoms with Crippen LogP contribution in [0.3, 0.4) is 0 Å². The van der Waals surface area contributed by atoms with Gasteiger partial charge in [0.25, 0.3) is 0 Å². The Bertz CT molecular complexity index is 1220. The first kappa shape index (κ1) is 21.7. The normalized spacial score (nSPS) is 28.4. The van der Waals surface area contributed by atoms with Gasteiger partial charge in [0, 0.05) is 27.9 Å². The molecule has 1 spiro atoms. The zero-order chi connectivity index (χ0) is 23.9. The number of likely N-dealkylation sites (tertiary alicyclic amines) is 1. The molecule has 172 valence electrons. The number of nitrogens with one attached hydrogen (secondary N) is 2. The maximum atomic E-state index is 13.7. The zero-order valence-electron chi connectivity index (χ0n) is 18.3. The smallest absolute Gasteiger partial charge is 0.250 e. The van der Waals surface area contributed by atoms with Crippen LogP contribution in [0.5, 0.6) is 11.5 Å². The van der Waals surface area contributed by atoms with Crippen molar-refractivity contribution in [3.05, 3.63) is 52.5 Å². The first-order chi connectivity index (χ1) is 15.4. The molecule has 0 bridgehead atoms. The Morgan fingerprint density at radius 3 is 2.42 bits per heavy atom. The fourth-order valence-electron chi connectivity index (χ4n) is 5.56. The number of hydrogen-bond acceptors (Lipinski definition) is 6. The average molecular weight is 470 g/mol. The third-order valence-corrected chi connectivity index (χ3v) is 7.08. The van der Waals surface area contributed by atoms with Crippen molar-refractivity contribution in [1.29, 1.82) is 0 Å². The van der Waals surface area contributed by atoms with Crippen LogP contribution >= 0.6 is 11.6 Å². The van der Waals surface area contributed by atoms with Crippen LogP contribution in [0.15, 0.2) is 36.4 Å². The van der Waals surface area contributed by atoms with E-state index in [4.69, 9.17) is 11.6 Å². The number of benzene rings is 2. The number of phenolic OH excluding ortho intramolecular Hbond substituents is 2. The summed E-state index contributed by atoms with van der Waals surface area (Å²) in [5.74, 6) is -3.40. The summed E-state index contributed by atoms with van der Waals surface area (Å²) in [4.78, 5) is 42.0. The number of carbonyl (C=O) groups excluding carboxylic acids is 3. The van der Waals surface area contributed by atoms with Crippen LogP contribution in [-0.4, -0.2) is 44.4 Å². The van der Waals surface area contributed by atoms with Crippen LogP contribution in [0.2, 0.25) is 5.02 Å². The summed E-state index contributed by atoms with van der Waals surface area (Å²) in [7, 11) is 0. The number of phenols is 2. The fourth-order valence-corrected chi connectivity index (χ4v) is 5.73. The highest BCUT2D eigenvalue weighted by molar-refractivity contribution is 6.31. The molecular formula is C24H24ClN3O5. The predicted molar refractivity (Wildman–Crippen MR) is 121 cm³/mol. The largest absolute Gasteiger partial charge is 0.504 e. The van der Waals surface area contributed by atoms with E-state index in [0.29, 0.717) is 21.8 Å². The van der Waals surface area contributed by atoms with E-state index in [-0.39, 0.29) is 23.8 Å². The third-order valence-electron chi connectivity index (χ3n) is 6.84. The van der Waals surface area contributed by atoms with E-state index in [1.54, 1.807) is 45.0 Å². The Morgan fingerprint density at radius 2 is 1.76 bits per heavy atom. The highest BCUT2D eigenvalue weighted by Crippen LogP contribution is 2.54. The van der Waals surface area contributed by atoms with Crippen molar-refractivity contribution in [3.8, 4) is 11.5 Å². The fraction of sp³-hybridized carbons (Fsp3) is 0.375. The van der Waals surface area contributed by atoms with Gasteiger partial charge in [-0.15, -0.1) is 0 Å². The summed E-state index contributed by atoms with van der Waals surface area (Å²) in [6, 6.07) is 8.86. The average Bonchev–Trinajstić information content (AvgIpc) is 3.29. The molecule has 0 radical (unpaired) electrons. The summed E-state index contributed by atoms with van der Waals surface area (Å²) in [5.41, 5.74) is -0.456. The van der Waals surface area contributed by atoms with Crippen LogP contribution in [0, 0.1) is 11.8 Å². The molecule has 3 aliphatic rings. The van der Waals surface area contributed by atoms with Crippen molar-refractivity contribution in [2.24, 2.45) is 11.8 Å². The van der Waals surface area contributed by atoms with Crippen LogP contribution in [0.1, 0.15) is 31.9 Å². The molecule has 2 saturated heterocycles. The van der Waals surface area contributed by atoms with E-state index in [2.05, 4.69) is 10.6 Å². The van der Waals surface area contributed by atoms with Crippen molar-refractivity contribution in [2.45, 2.75) is 44.3 Å². The van der Waals surface area contributed by atoms with Gasteiger partial charge in [-0.2, -0.15) is 0 Å². The summed E-state index contributed by atoms with van der Waals surface area (Å²) >= 11 is 6.26. The lowest BCUT2D eigenvalue weighted by Gasteiger charge is -2.34. The second kappa shape index (κ2) is 6.95. The second-order valence-corrected chi connectivity index (χ2v) is 10.4. The molecule has 8 nitrogen and oxygen atoms in total. The number of carbonyl (C=O) groups is 3. The van der Waals surface area contributed by atoms with Gasteiger partial charge < -0.3 is 15.5 Å². The Kier molecular flexibility index (Phi) is 4.58. The first-order valence-electron chi connectivity index (χ1n) is 10.7. The molecule has 4 atom stereocenters. The van der Waals surface area contributed by atoms with Gasteiger partial charge in [0.05, 0.1) is 11.8 Å². The van der Waals surface area contributed by atoms with Crippen LogP contribution in [0.25, 0.3) is 0 Å². The molecular weight excluding hydrogens is 446 g/mol. The number of halogens is 1. The van der Waals surface area contributed by atoms with Crippen molar-refractivity contribution in [3.63, 3.8) is 0 Å². The van der Waals surface area contributed by atoms with Gasteiger partial charge in [-0.25, -0.2) is 0 Å². The van der Waals surface area contributed by atoms with Crippen LogP contribution in [-0.2, 0) is 26.3 Å². The molecule has 3 aliphatic heterocycles. The molecule has 33 heavy (non-hydrogen) atoms. The molecule has 0 saturated carbocycles. The highest BCUT2D eigenvalue weighted by atomic mass is 35.5. The maximum absolute atomic E-state index is 13.7. The molecule has 5 rings (SSSR count). The summed E-state index contributed by atoms with van der Waals surface area (Å²) < 4.78 is 0. The Balaban J connectivity index is 1.66. The van der Waals surface area contributed by atoms with Gasteiger partial charge in [-0.1, -0.05) is 17.7 Å². The van der Waals surface area contributed by atoms with Gasteiger partial charge in [-0.3, -0.25) is 24.6 Å². The standard InChI is InChI=1S/C24H24ClN3O5/c1-23(2,3)28-20(31)18-15(8-11-4-7-16(29)17(30)9-11)27-24(19(18)21(28)32)13-10-12(25)5-6-14(13)26-22(24)33/h4-7,9-10,15,18-19,27,29-30H,8H2,1-3H3,(H,26,33). The number of imide groups is 1. The quantitative estimate of drug-likeness (QED) is 0.396. The zero-order valence-corrected chi connectivity index (χ0v) is 19.1. The number of rotatable bonds is 2. The van der Waals surface area contributed by atoms with E-state index >= 15 is 0 Å². The van der Waals surface area contributed by atoms with Gasteiger partial charge in [0.2, 0.25) is 17.7 Å². The summed E-state index contributed by atoms with van der Waals surface area (Å²) in [6.45, 7) is 5.36. The number of hydrogen-bond donors (Lipinski definition) is 4. The number of fused-ring (bicyclic) bond motifs is 4. The van der Waals surface area contributed by atoms with E-state index in [9.17, 15) is 24.6 Å². The minimum absolute atomic E-state index is 0.253. The molecule has 2 aromatic rings. The Hall–Kier alpha value is -3.10. The molecule has 2 aromatic carbocycles. The summed E-state index contributed by atoms with van der Waals surface area (Å²) in [6.07, 6.45) is 0.261. The predicted octanol–water partition coefficient (Wildman–Crippen LogP) is 2.51. The van der Waals surface area contributed by atoms with Gasteiger partial charge in [-0.05, 0) is 63.1 Å².